The lowest BCUT2D eigenvalue weighted by Gasteiger charge is -2.19. The molecule has 1 unspecified atom stereocenters. The normalized spacial score (nSPS) is 11.6. The molecule has 25 heavy (non-hydrogen) atoms. The van der Waals surface area contributed by atoms with Crippen LogP contribution in [0.3, 0.4) is 0 Å². The number of thiazole rings is 1. The number of carbonyl (C=O) groups excluding carboxylic acids is 2. The molecule has 0 saturated heterocycles. The van der Waals surface area contributed by atoms with Crippen LogP contribution in [0.25, 0.3) is 10.6 Å². The SMILES string of the molecule is CC(C)CC(NC(=O)c1cnc(-c2cccnc2)s1)C(=O)NCC#N. The monoisotopic (exact) mass is 357 g/mol. The highest BCUT2D eigenvalue weighted by Gasteiger charge is 2.23. The van der Waals surface area contributed by atoms with E-state index in [4.69, 9.17) is 5.26 Å². The Morgan fingerprint density at radius 1 is 1.36 bits per heavy atom. The maximum Gasteiger partial charge on any atom is 0.263 e. The zero-order valence-corrected chi connectivity index (χ0v) is 14.8. The maximum atomic E-state index is 12.5. The Hall–Kier alpha value is -2.79. The van der Waals surface area contributed by atoms with Gasteiger partial charge in [0.15, 0.2) is 0 Å². The first-order chi connectivity index (χ1) is 12.0. The lowest BCUT2D eigenvalue weighted by molar-refractivity contribution is -0.123. The molecule has 2 heterocycles. The summed E-state index contributed by atoms with van der Waals surface area (Å²) in [6, 6.07) is 4.83. The average molecular weight is 357 g/mol. The minimum Gasteiger partial charge on any atom is -0.341 e. The Kier molecular flexibility index (Phi) is 6.60. The van der Waals surface area contributed by atoms with Gasteiger partial charge in [-0.3, -0.25) is 14.6 Å². The third-order valence-electron chi connectivity index (χ3n) is 3.31. The van der Waals surface area contributed by atoms with Crippen molar-refractivity contribution in [1.29, 1.82) is 5.26 Å². The highest BCUT2D eigenvalue weighted by molar-refractivity contribution is 7.16. The van der Waals surface area contributed by atoms with Crippen LogP contribution in [-0.4, -0.2) is 34.4 Å². The first-order valence-electron chi connectivity index (χ1n) is 7.83. The largest absolute Gasteiger partial charge is 0.341 e. The van der Waals surface area contributed by atoms with Gasteiger partial charge >= 0.3 is 0 Å². The molecule has 2 aromatic rings. The van der Waals surface area contributed by atoms with Gasteiger partial charge < -0.3 is 10.6 Å². The number of amides is 2. The van der Waals surface area contributed by atoms with E-state index >= 15 is 0 Å². The van der Waals surface area contributed by atoms with Crippen molar-refractivity contribution in [2.75, 3.05) is 6.54 Å². The summed E-state index contributed by atoms with van der Waals surface area (Å²) < 4.78 is 0. The van der Waals surface area contributed by atoms with Crippen molar-refractivity contribution < 1.29 is 9.59 Å². The van der Waals surface area contributed by atoms with Crippen molar-refractivity contribution in [3.05, 3.63) is 35.6 Å². The molecule has 1 atom stereocenters. The summed E-state index contributed by atoms with van der Waals surface area (Å²) in [5.41, 5.74) is 0.831. The molecule has 8 heteroatoms. The summed E-state index contributed by atoms with van der Waals surface area (Å²) in [4.78, 5) is 33.3. The van der Waals surface area contributed by atoms with Gasteiger partial charge in [-0.1, -0.05) is 13.8 Å². The van der Waals surface area contributed by atoms with Gasteiger partial charge in [0.05, 0.1) is 12.3 Å². The molecule has 7 nitrogen and oxygen atoms in total. The zero-order chi connectivity index (χ0) is 18.2. The predicted octanol–water partition coefficient (Wildman–Crippen LogP) is 1.99. The highest BCUT2D eigenvalue weighted by atomic mass is 32.1. The van der Waals surface area contributed by atoms with Crippen molar-refractivity contribution in [2.24, 2.45) is 5.92 Å². The van der Waals surface area contributed by atoms with Crippen molar-refractivity contribution in [3.8, 4) is 16.6 Å². The fraction of sp³-hybridized carbons (Fsp3) is 0.353. The van der Waals surface area contributed by atoms with Crippen LogP contribution in [0, 0.1) is 17.2 Å². The van der Waals surface area contributed by atoms with E-state index in [1.807, 2.05) is 26.0 Å². The Bertz CT molecular complexity index is 767. The van der Waals surface area contributed by atoms with E-state index < -0.39 is 6.04 Å². The highest BCUT2D eigenvalue weighted by Crippen LogP contribution is 2.24. The summed E-state index contributed by atoms with van der Waals surface area (Å²) in [6.07, 6.45) is 5.32. The summed E-state index contributed by atoms with van der Waals surface area (Å²) in [6.45, 7) is 3.84. The summed E-state index contributed by atoms with van der Waals surface area (Å²) >= 11 is 1.24. The Morgan fingerprint density at radius 3 is 2.80 bits per heavy atom. The van der Waals surface area contributed by atoms with Crippen LogP contribution in [0.5, 0.6) is 0 Å². The predicted molar refractivity (Wildman–Crippen MR) is 94.7 cm³/mol. The van der Waals surface area contributed by atoms with Crippen molar-refractivity contribution in [1.82, 2.24) is 20.6 Å². The molecule has 0 bridgehead atoms. The van der Waals surface area contributed by atoms with E-state index in [2.05, 4.69) is 20.6 Å². The van der Waals surface area contributed by atoms with Crippen molar-refractivity contribution in [3.63, 3.8) is 0 Å². The van der Waals surface area contributed by atoms with Gasteiger partial charge in [0, 0.05) is 18.0 Å². The molecule has 2 amide bonds. The molecular formula is C17H19N5O2S. The van der Waals surface area contributed by atoms with Gasteiger partial charge in [0.1, 0.15) is 22.5 Å². The van der Waals surface area contributed by atoms with E-state index in [1.54, 1.807) is 18.5 Å². The van der Waals surface area contributed by atoms with Gasteiger partial charge in [0.2, 0.25) is 5.91 Å². The molecule has 0 radical (unpaired) electrons. The smallest absolute Gasteiger partial charge is 0.263 e. The second kappa shape index (κ2) is 8.89. The molecule has 0 aromatic carbocycles. The molecule has 2 N–H and O–H groups in total. The number of nitrogens with zero attached hydrogens (tertiary/aromatic N) is 3. The lowest BCUT2D eigenvalue weighted by Crippen LogP contribution is -2.47. The number of hydrogen-bond donors (Lipinski definition) is 2. The molecule has 2 rings (SSSR count). The zero-order valence-electron chi connectivity index (χ0n) is 14.0. The van der Waals surface area contributed by atoms with E-state index in [9.17, 15) is 9.59 Å². The number of rotatable bonds is 7. The van der Waals surface area contributed by atoms with Crippen LogP contribution in [0.1, 0.15) is 29.9 Å². The Morgan fingerprint density at radius 2 is 2.16 bits per heavy atom. The number of carbonyl (C=O) groups is 2. The molecule has 0 aliphatic heterocycles. The van der Waals surface area contributed by atoms with Gasteiger partial charge in [-0.15, -0.1) is 11.3 Å². The number of aromatic nitrogens is 2. The second-order valence-electron chi connectivity index (χ2n) is 5.80. The third-order valence-corrected chi connectivity index (χ3v) is 4.35. The number of nitriles is 1. The topological polar surface area (TPSA) is 108 Å². The van der Waals surface area contributed by atoms with E-state index in [0.29, 0.717) is 16.3 Å². The Labute approximate surface area is 150 Å². The standard InChI is InChI=1S/C17H19N5O2S/c1-11(2)8-13(15(23)20-7-5-18)22-16(24)14-10-21-17(25-14)12-4-3-6-19-9-12/h3-4,6,9-11,13H,7-8H2,1-2H3,(H,20,23)(H,22,24). The molecule has 0 aliphatic carbocycles. The Balaban J connectivity index is 2.09. The quantitative estimate of drug-likeness (QED) is 0.737. The summed E-state index contributed by atoms with van der Waals surface area (Å²) in [7, 11) is 0. The minimum absolute atomic E-state index is 0.0883. The van der Waals surface area contributed by atoms with Gasteiger partial charge in [-0.25, -0.2) is 4.98 Å². The van der Waals surface area contributed by atoms with Gasteiger partial charge in [-0.05, 0) is 24.5 Å². The van der Waals surface area contributed by atoms with Gasteiger partial charge in [0.25, 0.3) is 5.91 Å². The third kappa shape index (κ3) is 5.36. The van der Waals surface area contributed by atoms with Crippen LogP contribution < -0.4 is 10.6 Å². The molecule has 0 saturated carbocycles. The molecule has 0 fully saturated rings. The van der Waals surface area contributed by atoms with Gasteiger partial charge in [-0.2, -0.15) is 5.26 Å². The fourth-order valence-corrected chi connectivity index (χ4v) is 2.99. The first kappa shape index (κ1) is 18.5. The van der Waals surface area contributed by atoms with E-state index in [1.165, 1.54) is 17.5 Å². The molecular weight excluding hydrogens is 338 g/mol. The minimum atomic E-state index is -0.690. The van der Waals surface area contributed by atoms with E-state index in [-0.39, 0.29) is 24.3 Å². The summed E-state index contributed by atoms with van der Waals surface area (Å²) in [5.74, 6) is -0.503. The van der Waals surface area contributed by atoms with Crippen LogP contribution in [-0.2, 0) is 4.79 Å². The van der Waals surface area contributed by atoms with Crippen molar-refractivity contribution >= 4 is 23.2 Å². The van der Waals surface area contributed by atoms with Crippen LogP contribution >= 0.6 is 11.3 Å². The number of hydrogen-bond acceptors (Lipinski definition) is 6. The number of nitrogens with one attached hydrogen (secondary N) is 2. The molecule has 2 aromatic heterocycles. The molecule has 0 spiro atoms. The van der Waals surface area contributed by atoms with Crippen molar-refractivity contribution in [2.45, 2.75) is 26.3 Å². The van der Waals surface area contributed by atoms with Crippen LogP contribution in [0.15, 0.2) is 30.7 Å². The molecule has 130 valence electrons. The summed E-state index contributed by atoms with van der Waals surface area (Å²) in [5, 5.41) is 14.5. The molecule has 0 aliphatic rings. The maximum absolute atomic E-state index is 12.5. The lowest BCUT2D eigenvalue weighted by atomic mass is 10.0. The second-order valence-corrected chi connectivity index (χ2v) is 6.83. The first-order valence-corrected chi connectivity index (χ1v) is 8.64. The number of pyridine rings is 1. The fourth-order valence-electron chi connectivity index (χ4n) is 2.18. The average Bonchev–Trinajstić information content (AvgIpc) is 3.09. The van der Waals surface area contributed by atoms with E-state index in [0.717, 1.165) is 5.56 Å². The van der Waals surface area contributed by atoms with Crippen LogP contribution in [0.2, 0.25) is 0 Å². The van der Waals surface area contributed by atoms with Crippen LogP contribution in [0.4, 0.5) is 0 Å².